The minimum atomic E-state index is -0.0809. The molecule has 0 aromatic carbocycles. The highest BCUT2D eigenvalue weighted by atomic mass is 16.5. The van der Waals surface area contributed by atoms with Crippen LogP contribution in [0.15, 0.2) is 12.4 Å². The van der Waals surface area contributed by atoms with Crippen LogP contribution in [0, 0.1) is 0 Å². The number of nitrogens with zero attached hydrogens (tertiary/aromatic N) is 2. The number of ether oxygens (including phenoxy) is 1. The van der Waals surface area contributed by atoms with E-state index >= 15 is 0 Å². The molecule has 0 saturated carbocycles. The van der Waals surface area contributed by atoms with Crippen molar-refractivity contribution in [3.63, 3.8) is 0 Å². The average molecular weight is 208 g/mol. The van der Waals surface area contributed by atoms with Crippen molar-refractivity contribution in [1.82, 2.24) is 9.97 Å². The zero-order valence-electron chi connectivity index (χ0n) is 8.86. The van der Waals surface area contributed by atoms with Crippen molar-refractivity contribution in [2.45, 2.75) is 25.3 Å². The Kier molecular flexibility index (Phi) is 2.73. The van der Waals surface area contributed by atoms with Gasteiger partial charge in [0.25, 0.3) is 0 Å². The fourth-order valence-electron chi connectivity index (χ4n) is 1.76. The van der Waals surface area contributed by atoms with Crippen LogP contribution in [-0.2, 0) is 4.74 Å². The molecule has 3 N–H and O–H groups in total. The van der Waals surface area contributed by atoms with Gasteiger partial charge in [-0.3, -0.25) is 0 Å². The molecule has 82 valence electrons. The third-order valence-corrected chi connectivity index (χ3v) is 2.58. The first-order valence-corrected chi connectivity index (χ1v) is 5.12. The molecule has 15 heavy (non-hydrogen) atoms. The van der Waals surface area contributed by atoms with E-state index in [-0.39, 0.29) is 5.54 Å². The SMILES string of the molecule is CC1(Nc2nccnc2N)CCCOC1. The lowest BCUT2D eigenvalue weighted by Crippen LogP contribution is -2.43. The van der Waals surface area contributed by atoms with Crippen LogP contribution in [0.1, 0.15) is 19.8 Å². The minimum Gasteiger partial charge on any atom is -0.381 e. The fraction of sp³-hybridized carbons (Fsp3) is 0.600. The first-order valence-electron chi connectivity index (χ1n) is 5.12. The summed E-state index contributed by atoms with van der Waals surface area (Å²) in [5.41, 5.74) is 5.64. The van der Waals surface area contributed by atoms with Crippen molar-refractivity contribution >= 4 is 11.6 Å². The molecule has 1 atom stereocenters. The van der Waals surface area contributed by atoms with E-state index in [0.29, 0.717) is 18.2 Å². The van der Waals surface area contributed by atoms with E-state index in [0.717, 1.165) is 19.4 Å². The molecule has 0 aliphatic carbocycles. The van der Waals surface area contributed by atoms with Gasteiger partial charge >= 0.3 is 0 Å². The molecule has 2 heterocycles. The van der Waals surface area contributed by atoms with E-state index in [1.807, 2.05) is 0 Å². The van der Waals surface area contributed by atoms with Gasteiger partial charge in [0.2, 0.25) is 0 Å². The molecule has 1 unspecified atom stereocenters. The molecular formula is C10H16N4O. The lowest BCUT2D eigenvalue weighted by Gasteiger charge is -2.34. The predicted octanol–water partition coefficient (Wildman–Crippen LogP) is 1.04. The Morgan fingerprint density at radius 3 is 2.93 bits per heavy atom. The maximum Gasteiger partial charge on any atom is 0.169 e. The summed E-state index contributed by atoms with van der Waals surface area (Å²) in [5.74, 6) is 1.08. The fourth-order valence-corrected chi connectivity index (χ4v) is 1.76. The largest absolute Gasteiger partial charge is 0.381 e. The van der Waals surface area contributed by atoms with Crippen LogP contribution in [0.4, 0.5) is 11.6 Å². The van der Waals surface area contributed by atoms with Gasteiger partial charge in [-0.2, -0.15) is 0 Å². The highest BCUT2D eigenvalue weighted by molar-refractivity contribution is 5.56. The van der Waals surface area contributed by atoms with Crippen LogP contribution in [0.25, 0.3) is 0 Å². The van der Waals surface area contributed by atoms with Gasteiger partial charge < -0.3 is 15.8 Å². The summed E-state index contributed by atoms with van der Waals surface area (Å²) in [7, 11) is 0. The highest BCUT2D eigenvalue weighted by Crippen LogP contribution is 2.24. The highest BCUT2D eigenvalue weighted by Gasteiger charge is 2.28. The molecule has 0 bridgehead atoms. The zero-order chi connectivity index (χ0) is 10.7. The lowest BCUT2D eigenvalue weighted by atomic mass is 9.95. The third kappa shape index (κ3) is 2.36. The molecule has 0 amide bonds. The Balaban J connectivity index is 2.10. The Morgan fingerprint density at radius 1 is 1.47 bits per heavy atom. The lowest BCUT2D eigenvalue weighted by molar-refractivity contribution is 0.0539. The van der Waals surface area contributed by atoms with Crippen molar-refractivity contribution in [2.24, 2.45) is 0 Å². The Hall–Kier alpha value is -1.36. The van der Waals surface area contributed by atoms with Gasteiger partial charge in [-0.05, 0) is 19.8 Å². The van der Waals surface area contributed by atoms with Gasteiger partial charge in [0, 0.05) is 19.0 Å². The minimum absolute atomic E-state index is 0.0809. The van der Waals surface area contributed by atoms with Gasteiger partial charge in [0.1, 0.15) is 0 Å². The monoisotopic (exact) mass is 208 g/mol. The molecule has 5 heteroatoms. The second kappa shape index (κ2) is 4.02. The first-order chi connectivity index (χ1) is 7.20. The number of hydrogen-bond donors (Lipinski definition) is 2. The summed E-state index contributed by atoms with van der Waals surface area (Å²) in [6, 6.07) is 0. The van der Waals surface area contributed by atoms with Gasteiger partial charge in [-0.1, -0.05) is 0 Å². The van der Waals surface area contributed by atoms with E-state index in [1.165, 1.54) is 0 Å². The van der Waals surface area contributed by atoms with Crippen LogP contribution in [0.3, 0.4) is 0 Å². The Labute approximate surface area is 89.1 Å². The summed E-state index contributed by atoms with van der Waals surface area (Å²) in [6.07, 6.45) is 5.33. The Bertz CT molecular complexity index is 336. The smallest absolute Gasteiger partial charge is 0.169 e. The number of nitrogens with one attached hydrogen (secondary N) is 1. The quantitative estimate of drug-likeness (QED) is 0.759. The Morgan fingerprint density at radius 2 is 2.27 bits per heavy atom. The number of aromatic nitrogens is 2. The molecule has 1 aliphatic rings. The van der Waals surface area contributed by atoms with Gasteiger partial charge in [0.05, 0.1) is 12.1 Å². The summed E-state index contributed by atoms with van der Waals surface area (Å²) < 4.78 is 5.45. The zero-order valence-corrected chi connectivity index (χ0v) is 8.86. The topological polar surface area (TPSA) is 73.1 Å². The summed E-state index contributed by atoms with van der Waals surface area (Å²) in [5, 5.41) is 3.30. The third-order valence-electron chi connectivity index (χ3n) is 2.58. The summed E-state index contributed by atoms with van der Waals surface area (Å²) in [6.45, 7) is 3.64. The molecule has 0 radical (unpaired) electrons. The number of nitrogen functional groups attached to an aromatic ring is 1. The number of hydrogen-bond acceptors (Lipinski definition) is 5. The molecule has 1 aliphatic heterocycles. The van der Waals surface area contributed by atoms with Crippen molar-refractivity contribution < 1.29 is 4.74 Å². The average Bonchev–Trinajstić information content (AvgIpc) is 2.22. The van der Waals surface area contributed by atoms with Crippen molar-refractivity contribution in [3.8, 4) is 0 Å². The van der Waals surface area contributed by atoms with Crippen molar-refractivity contribution in [2.75, 3.05) is 24.3 Å². The van der Waals surface area contributed by atoms with Crippen LogP contribution in [0.2, 0.25) is 0 Å². The number of nitrogens with two attached hydrogens (primary N) is 1. The van der Waals surface area contributed by atoms with Crippen LogP contribution >= 0.6 is 0 Å². The molecule has 1 fully saturated rings. The molecular weight excluding hydrogens is 192 g/mol. The maximum atomic E-state index is 5.72. The van der Waals surface area contributed by atoms with Crippen LogP contribution in [-0.4, -0.2) is 28.7 Å². The summed E-state index contributed by atoms with van der Waals surface area (Å²) >= 11 is 0. The van der Waals surface area contributed by atoms with E-state index in [4.69, 9.17) is 10.5 Å². The van der Waals surface area contributed by atoms with E-state index in [1.54, 1.807) is 12.4 Å². The molecule has 0 spiro atoms. The predicted molar refractivity (Wildman–Crippen MR) is 58.5 cm³/mol. The van der Waals surface area contributed by atoms with Crippen LogP contribution in [0.5, 0.6) is 0 Å². The van der Waals surface area contributed by atoms with Crippen LogP contribution < -0.4 is 11.1 Å². The standard InChI is InChI=1S/C10H16N4O/c1-10(3-2-6-15-7-10)14-9-8(11)12-4-5-13-9/h4-5H,2-3,6-7H2,1H3,(H2,11,12)(H,13,14). The summed E-state index contributed by atoms with van der Waals surface area (Å²) in [4.78, 5) is 8.15. The molecule has 1 saturated heterocycles. The van der Waals surface area contributed by atoms with Crippen molar-refractivity contribution in [3.05, 3.63) is 12.4 Å². The second-order valence-corrected chi connectivity index (χ2v) is 4.13. The molecule has 5 nitrogen and oxygen atoms in total. The molecule has 1 aromatic rings. The van der Waals surface area contributed by atoms with Gasteiger partial charge in [0.15, 0.2) is 11.6 Å². The first kappa shape index (κ1) is 10.2. The van der Waals surface area contributed by atoms with Gasteiger partial charge in [-0.15, -0.1) is 0 Å². The van der Waals surface area contributed by atoms with E-state index < -0.39 is 0 Å². The molecule has 1 aromatic heterocycles. The number of anilines is 2. The normalized spacial score (nSPS) is 26.2. The maximum absolute atomic E-state index is 5.72. The van der Waals surface area contributed by atoms with E-state index in [9.17, 15) is 0 Å². The second-order valence-electron chi connectivity index (χ2n) is 4.13. The van der Waals surface area contributed by atoms with Crippen molar-refractivity contribution in [1.29, 1.82) is 0 Å². The van der Waals surface area contributed by atoms with E-state index in [2.05, 4.69) is 22.2 Å². The number of rotatable bonds is 2. The molecule has 2 rings (SSSR count). The van der Waals surface area contributed by atoms with Gasteiger partial charge in [-0.25, -0.2) is 9.97 Å².